The van der Waals surface area contributed by atoms with Gasteiger partial charge in [-0.15, -0.1) is 0 Å². The van der Waals surface area contributed by atoms with E-state index in [4.69, 9.17) is 5.11 Å². The van der Waals surface area contributed by atoms with Gasteiger partial charge in [0.05, 0.1) is 5.39 Å². The van der Waals surface area contributed by atoms with Crippen LogP contribution in [0.25, 0.3) is 10.2 Å². The highest BCUT2D eigenvalue weighted by Crippen LogP contribution is 2.11. The molecule has 0 aliphatic heterocycles. The molecule has 0 aromatic carbocycles. The first-order valence-electron chi connectivity index (χ1n) is 3.40. The van der Waals surface area contributed by atoms with E-state index in [-0.39, 0.29) is 0 Å². The standard InChI is InChI=1S/C7H4N2O3S/c10-6-4-2-1-3-8-5(4)13-9(6)7(11)12/h1-3H,(H,11,12). The topological polar surface area (TPSA) is 72.2 Å². The van der Waals surface area contributed by atoms with E-state index in [0.29, 0.717) is 14.2 Å². The molecule has 0 aliphatic carbocycles. The minimum absolute atomic E-state index is 0.343. The summed E-state index contributed by atoms with van der Waals surface area (Å²) < 4.78 is 0.664. The molecule has 0 bridgehead atoms. The van der Waals surface area contributed by atoms with E-state index in [1.54, 1.807) is 12.1 Å². The van der Waals surface area contributed by atoms with E-state index in [9.17, 15) is 9.59 Å². The average Bonchev–Trinajstić information content (AvgIpc) is 2.45. The minimum atomic E-state index is -1.27. The maximum absolute atomic E-state index is 11.3. The van der Waals surface area contributed by atoms with Crippen LogP contribution in [-0.2, 0) is 0 Å². The summed E-state index contributed by atoms with van der Waals surface area (Å²) in [5.41, 5.74) is -0.527. The minimum Gasteiger partial charge on any atom is -0.464 e. The van der Waals surface area contributed by atoms with E-state index in [2.05, 4.69) is 4.98 Å². The van der Waals surface area contributed by atoms with Gasteiger partial charge in [-0.05, 0) is 23.7 Å². The molecule has 1 N–H and O–H groups in total. The Hall–Kier alpha value is -1.69. The monoisotopic (exact) mass is 196 g/mol. The second-order valence-corrected chi connectivity index (χ2v) is 3.26. The molecule has 6 heteroatoms. The van der Waals surface area contributed by atoms with Gasteiger partial charge < -0.3 is 5.11 Å². The zero-order valence-electron chi connectivity index (χ0n) is 6.30. The quantitative estimate of drug-likeness (QED) is 0.681. The number of nitrogens with zero attached hydrogens (tertiary/aromatic N) is 2. The number of aromatic nitrogens is 2. The number of fused-ring (bicyclic) bond motifs is 1. The Labute approximate surface area is 76.0 Å². The van der Waals surface area contributed by atoms with Gasteiger partial charge in [0.15, 0.2) is 0 Å². The molecule has 2 aromatic rings. The van der Waals surface area contributed by atoms with Gasteiger partial charge in [0.2, 0.25) is 0 Å². The third-order valence-electron chi connectivity index (χ3n) is 1.54. The SMILES string of the molecule is O=C(O)n1sc2ncccc2c1=O. The average molecular weight is 196 g/mol. The molecule has 0 saturated heterocycles. The molecule has 0 saturated carbocycles. The van der Waals surface area contributed by atoms with Crippen molar-refractivity contribution in [2.24, 2.45) is 0 Å². The molecule has 0 aliphatic rings. The van der Waals surface area contributed by atoms with Gasteiger partial charge in [-0.3, -0.25) is 4.79 Å². The number of pyridine rings is 1. The van der Waals surface area contributed by atoms with E-state index in [1.165, 1.54) is 6.20 Å². The van der Waals surface area contributed by atoms with Crippen molar-refractivity contribution < 1.29 is 9.90 Å². The number of hydrogen-bond acceptors (Lipinski definition) is 4. The molecule has 0 radical (unpaired) electrons. The molecule has 0 fully saturated rings. The second-order valence-electron chi connectivity index (χ2n) is 2.33. The lowest BCUT2D eigenvalue weighted by Crippen LogP contribution is -2.19. The summed E-state index contributed by atoms with van der Waals surface area (Å²) in [6.07, 6.45) is 0.248. The third kappa shape index (κ3) is 1.11. The third-order valence-corrected chi connectivity index (χ3v) is 2.54. The molecule has 5 nitrogen and oxygen atoms in total. The Morgan fingerprint density at radius 2 is 2.38 bits per heavy atom. The zero-order chi connectivity index (χ0) is 9.42. The van der Waals surface area contributed by atoms with Crippen LogP contribution in [0.5, 0.6) is 0 Å². The lowest BCUT2D eigenvalue weighted by Gasteiger charge is -1.84. The molecule has 2 heterocycles. The highest BCUT2D eigenvalue weighted by atomic mass is 32.1. The van der Waals surface area contributed by atoms with Crippen LogP contribution in [0.3, 0.4) is 0 Å². The highest BCUT2D eigenvalue weighted by Gasteiger charge is 2.11. The van der Waals surface area contributed by atoms with Gasteiger partial charge in [0.1, 0.15) is 4.83 Å². The van der Waals surface area contributed by atoms with Crippen molar-refractivity contribution in [1.82, 2.24) is 8.94 Å². The molecule has 0 amide bonds. The number of hydrogen-bond donors (Lipinski definition) is 1. The summed E-state index contributed by atoms with van der Waals surface area (Å²) in [5.74, 6) is 0. The van der Waals surface area contributed by atoms with Crippen LogP contribution >= 0.6 is 11.5 Å². The van der Waals surface area contributed by atoms with Crippen LogP contribution in [0.15, 0.2) is 23.1 Å². The van der Waals surface area contributed by atoms with Crippen LogP contribution < -0.4 is 5.56 Å². The Balaban J connectivity index is 2.90. The number of carbonyl (C=O) groups is 1. The lowest BCUT2D eigenvalue weighted by molar-refractivity contribution is 0.198. The van der Waals surface area contributed by atoms with E-state index < -0.39 is 11.7 Å². The smallest absolute Gasteiger partial charge is 0.428 e. The van der Waals surface area contributed by atoms with Crippen molar-refractivity contribution in [3.05, 3.63) is 28.7 Å². The fraction of sp³-hybridized carbons (Fsp3) is 0. The molecular weight excluding hydrogens is 192 g/mol. The Bertz CT molecular complexity index is 528. The van der Waals surface area contributed by atoms with Gasteiger partial charge in [-0.25, -0.2) is 9.78 Å². The van der Waals surface area contributed by atoms with Crippen molar-refractivity contribution in [2.45, 2.75) is 0 Å². The first-order valence-corrected chi connectivity index (χ1v) is 4.18. The molecule has 13 heavy (non-hydrogen) atoms. The van der Waals surface area contributed by atoms with Crippen LogP contribution in [0.1, 0.15) is 0 Å². The van der Waals surface area contributed by atoms with Crippen LogP contribution in [0.2, 0.25) is 0 Å². The van der Waals surface area contributed by atoms with E-state index in [1.807, 2.05) is 0 Å². The van der Waals surface area contributed by atoms with Crippen LogP contribution in [0, 0.1) is 0 Å². The summed E-state index contributed by atoms with van der Waals surface area (Å²) in [6.45, 7) is 0. The maximum Gasteiger partial charge on any atom is 0.428 e. The second kappa shape index (κ2) is 2.67. The zero-order valence-corrected chi connectivity index (χ0v) is 7.11. The molecule has 2 rings (SSSR count). The highest BCUT2D eigenvalue weighted by molar-refractivity contribution is 7.14. The summed E-state index contributed by atoms with van der Waals surface area (Å²) >= 11 is 0.826. The van der Waals surface area contributed by atoms with Crippen molar-refractivity contribution in [3.8, 4) is 0 Å². The van der Waals surface area contributed by atoms with Crippen molar-refractivity contribution in [1.29, 1.82) is 0 Å². The van der Waals surface area contributed by atoms with Crippen LogP contribution in [-0.4, -0.2) is 20.1 Å². The summed E-state index contributed by atoms with van der Waals surface area (Å²) in [5, 5.41) is 8.95. The molecule has 0 spiro atoms. The van der Waals surface area contributed by atoms with Gasteiger partial charge in [-0.2, -0.15) is 3.96 Å². The van der Waals surface area contributed by atoms with Gasteiger partial charge in [-0.1, -0.05) is 0 Å². The predicted molar refractivity (Wildman–Crippen MR) is 47.3 cm³/mol. The fourth-order valence-corrected chi connectivity index (χ4v) is 1.78. The van der Waals surface area contributed by atoms with Gasteiger partial charge in [0, 0.05) is 6.20 Å². The summed E-state index contributed by atoms with van der Waals surface area (Å²) in [7, 11) is 0. The number of carboxylic acid groups (broad SMARTS) is 1. The Morgan fingerprint density at radius 3 is 3.00 bits per heavy atom. The van der Waals surface area contributed by atoms with Crippen molar-refractivity contribution in [3.63, 3.8) is 0 Å². The largest absolute Gasteiger partial charge is 0.464 e. The maximum atomic E-state index is 11.3. The van der Waals surface area contributed by atoms with E-state index in [0.717, 1.165) is 11.5 Å². The first-order chi connectivity index (χ1) is 6.20. The van der Waals surface area contributed by atoms with Crippen LogP contribution in [0.4, 0.5) is 4.79 Å². The summed E-state index contributed by atoms with van der Waals surface area (Å²) in [4.78, 5) is 26.2. The van der Waals surface area contributed by atoms with Crippen molar-refractivity contribution in [2.75, 3.05) is 0 Å². The molecule has 66 valence electrons. The molecule has 0 atom stereocenters. The predicted octanol–water partition coefficient (Wildman–Crippen LogP) is 0.984. The van der Waals surface area contributed by atoms with Crippen molar-refractivity contribution >= 4 is 27.8 Å². The van der Waals surface area contributed by atoms with Gasteiger partial charge >= 0.3 is 6.09 Å². The first kappa shape index (κ1) is 7.93. The summed E-state index contributed by atoms with van der Waals surface area (Å²) in [6, 6.07) is 3.16. The fourth-order valence-electron chi connectivity index (χ4n) is 0.990. The number of rotatable bonds is 0. The normalized spacial score (nSPS) is 10.5. The molecular formula is C7H4N2O3S. The Kier molecular flexibility index (Phi) is 1.63. The molecule has 2 aromatic heterocycles. The van der Waals surface area contributed by atoms with E-state index >= 15 is 0 Å². The van der Waals surface area contributed by atoms with Gasteiger partial charge in [0.25, 0.3) is 5.56 Å². The lowest BCUT2D eigenvalue weighted by atomic mass is 10.4. The Morgan fingerprint density at radius 1 is 1.62 bits per heavy atom. The molecule has 0 unspecified atom stereocenters.